The van der Waals surface area contributed by atoms with Gasteiger partial charge in [0.25, 0.3) is 0 Å². The summed E-state index contributed by atoms with van der Waals surface area (Å²) in [7, 11) is 4.02. The van der Waals surface area contributed by atoms with E-state index in [2.05, 4.69) is 34.0 Å². The van der Waals surface area contributed by atoms with Gasteiger partial charge in [-0.3, -0.25) is 0 Å². The topological polar surface area (TPSA) is 44.3 Å². The zero-order valence-corrected chi connectivity index (χ0v) is 13.0. The molecule has 0 amide bonds. The lowest BCUT2D eigenvalue weighted by Gasteiger charge is -2.25. The highest BCUT2D eigenvalue weighted by Gasteiger charge is 2.14. The summed E-state index contributed by atoms with van der Waals surface area (Å²) in [5, 5.41) is 3.10. The maximum atomic E-state index is 14.0. The molecular weight excluding hydrogens is 257 g/mol. The van der Waals surface area contributed by atoms with Crippen LogP contribution in [0, 0.1) is 5.82 Å². The Morgan fingerprint density at radius 3 is 2.50 bits per heavy atom. The van der Waals surface area contributed by atoms with Gasteiger partial charge in [-0.25, -0.2) is 9.37 Å². The van der Waals surface area contributed by atoms with Gasteiger partial charge in [-0.15, -0.1) is 0 Å². The van der Waals surface area contributed by atoms with Crippen LogP contribution in [-0.4, -0.2) is 55.1 Å². The zero-order valence-electron chi connectivity index (χ0n) is 13.0. The molecule has 0 radical (unpaired) electrons. The van der Waals surface area contributed by atoms with E-state index in [0.29, 0.717) is 11.8 Å². The van der Waals surface area contributed by atoms with Crippen molar-refractivity contribution >= 4 is 11.8 Å². The van der Waals surface area contributed by atoms with Crippen LogP contribution in [0.15, 0.2) is 6.20 Å². The Balaban J connectivity index is 2.86. The standard InChI is InChI=1S/C14H26FN5/c1-5-7-16-14-17-11-12(15)13(18-14)20(8-6-2)10-9-19(3)4/h11H,5-10H2,1-4H3,(H,16,17,18). The molecule has 0 fully saturated rings. The fourth-order valence-corrected chi connectivity index (χ4v) is 1.82. The molecule has 5 nitrogen and oxygen atoms in total. The normalized spacial score (nSPS) is 10.9. The van der Waals surface area contributed by atoms with Gasteiger partial charge in [0.2, 0.25) is 5.95 Å². The molecule has 0 aliphatic rings. The number of aromatic nitrogens is 2. The Hall–Kier alpha value is -1.43. The van der Waals surface area contributed by atoms with Gasteiger partial charge in [-0.2, -0.15) is 4.98 Å². The third-order valence-electron chi connectivity index (χ3n) is 2.87. The fourth-order valence-electron chi connectivity index (χ4n) is 1.82. The molecular formula is C14H26FN5. The molecule has 20 heavy (non-hydrogen) atoms. The molecule has 0 aromatic carbocycles. The number of anilines is 2. The van der Waals surface area contributed by atoms with Gasteiger partial charge in [0.05, 0.1) is 6.20 Å². The molecule has 0 spiro atoms. The first-order chi connectivity index (χ1) is 9.58. The van der Waals surface area contributed by atoms with E-state index in [1.165, 1.54) is 6.20 Å². The molecule has 0 saturated heterocycles. The molecule has 1 N–H and O–H groups in total. The van der Waals surface area contributed by atoms with Crippen molar-refractivity contribution in [3.63, 3.8) is 0 Å². The monoisotopic (exact) mass is 283 g/mol. The van der Waals surface area contributed by atoms with Crippen LogP contribution in [0.5, 0.6) is 0 Å². The fraction of sp³-hybridized carbons (Fsp3) is 0.714. The molecule has 1 aromatic rings. The number of nitrogens with zero attached hydrogens (tertiary/aromatic N) is 4. The molecule has 0 bridgehead atoms. The van der Waals surface area contributed by atoms with Crippen LogP contribution in [0.1, 0.15) is 26.7 Å². The van der Waals surface area contributed by atoms with E-state index in [0.717, 1.165) is 39.0 Å². The van der Waals surface area contributed by atoms with Gasteiger partial charge < -0.3 is 15.1 Å². The number of rotatable bonds is 9. The van der Waals surface area contributed by atoms with Gasteiger partial charge in [-0.1, -0.05) is 13.8 Å². The van der Waals surface area contributed by atoms with Crippen LogP contribution in [0.4, 0.5) is 16.2 Å². The van der Waals surface area contributed by atoms with E-state index in [-0.39, 0.29) is 5.82 Å². The second-order valence-corrected chi connectivity index (χ2v) is 5.08. The van der Waals surface area contributed by atoms with E-state index < -0.39 is 0 Å². The zero-order chi connectivity index (χ0) is 15.0. The Bertz CT molecular complexity index is 397. The van der Waals surface area contributed by atoms with Gasteiger partial charge in [0.15, 0.2) is 11.6 Å². The number of nitrogens with one attached hydrogen (secondary N) is 1. The first-order valence-electron chi connectivity index (χ1n) is 7.24. The first-order valence-corrected chi connectivity index (χ1v) is 7.24. The minimum absolute atomic E-state index is 0.362. The maximum Gasteiger partial charge on any atom is 0.224 e. The van der Waals surface area contributed by atoms with Crippen LogP contribution < -0.4 is 10.2 Å². The van der Waals surface area contributed by atoms with Crippen molar-refractivity contribution in [3.8, 4) is 0 Å². The minimum atomic E-state index is -0.362. The van der Waals surface area contributed by atoms with Crippen molar-refractivity contribution < 1.29 is 4.39 Å². The number of likely N-dealkylation sites (N-methyl/N-ethyl adjacent to an activating group) is 1. The lowest BCUT2D eigenvalue weighted by atomic mass is 10.3. The SMILES string of the molecule is CCCNc1ncc(F)c(N(CCC)CCN(C)C)n1. The second-order valence-electron chi connectivity index (χ2n) is 5.08. The van der Waals surface area contributed by atoms with Crippen molar-refractivity contribution in [1.29, 1.82) is 0 Å². The average molecular weight is 283 g/mol. The van der Waals surface area contributed by atoms with Crippen molar-refractivity contribution in [1.82, 2.24) is 14.9 Å². The Morgan fingerprint density at radius 2 is 1.90 bits per heavy atom. The van der Waals surface area contributed by atoms with Gasteiger partial charge in [0, 0.05) is 26.2 Å². The van der Waals surface area contributed by atoms with Gasteiger partial charge in [0.1, 0.15) is 0 Å². The molecule has 1 rings (SSSR count). The molecule has 0 atom stereocenters. The summed E-state index contributed by atoms with van der Waals surface area (Å²) in [5.74, 6) is 0.524. The van der Waals surface area contributed by atoms with Crippen molar-refractivity contribution in [2.45, 2.75) is 26.7 Å². The highest BCUT2D eigenvalue weighted by atomic mass is 19.1. The van der Waals surface area contributed by atoms with Crippen LogP contribution in [0.25, 0.3) is 0 Å². The Labute approximate surface area is 121 Å². The highest BCUT2D eigenvalue weighted by molar-refractivity contribution is 5.43. The van der Waals surface area contributed by atoms with E-state index in [1.54, 1.807) is 0 Å². The van der Waals surface area contributed by atoms with Crippen molar-refractivity contribution in [2.75, 3.05) is 50.5 Å². The largest absolute Gasteiger partial charge is 0.354 e. The smallest absolute Gasteiger partial charge is 0.224 e. The highest BCUT2D eigenvalue weighted by Crippen LogP contribution is 2.17. The Morgan fingerprint density at radius 1 is 1.15 bits per heavy atom. The summed E-state index contributed by atoms with van der Waals surface area (Å²) in [5.41, 5.74) is 0. The molecule has 0 aliphatic heterocycles. The van der Waals surface area contributed by atoms with Gasteiger partial charge in [-0.05, 0) is 26.9 Å². The quantitative estimate of drug-likeness (QED) is 0.753. The van der Waals surface area contributed by atoms with Crippen LogP contribution in [0.2, 0.25) is 0 Å². The van der Waals surface area contributed by atoms with Crippen molar-refractivity contribution in [2.24, 2.45) is 0 Å². The van der Waals surface area contributed by atoms with E-state index in [9.17, 15) is 4.39 Å². The Kier molecular flexibility index (Phi) is 7.22. The lowest BCUT2D eigenvalue weighted by molar-refractivity contribution is 0.411. The number of hydrogen-bond donors (Lipinski definition) is 1. The summed E-state index contributed by atoms with van der Waals surface area (Å²) in [4.78, 5) is 12.4. The van der Waals surface area contributed by atoms with Crippen LogP contribution >= 0.6 is 0 Å². The third-order valence-corrected chi connectivity index (χ3v) is 2.87. The van der Waals surface area contributed by atoms with Crippen molar-refractivity contribution in [3.05, 3.63) is 12.0 Å². The molecule has 6 heteroatoms. The summed E-state index contributed by atoms with van der Waals surface area (Å²) in [6, 6.07) is 0. The first kappa shape index (κ1) is 16.6. The molecule has 114 valence electrons. The second kappa shape index (κ2) is 8.68. The summed E-state index contributed by atoms with van der Waals surface area (Å²) in [6.07, 6.45) is 3.18. The molecule has 0 unspecified atom stereocenters. The van der Waals surface area contributed by atoms with E-state index >= 15 is 0 Å². The number of halogens is 1. The average Bonchev–Trinajstić information content (AvgIpc) is 2.42. The summed E-state index contributed by atoms with van der Waals surface area (Å²) < 4.78 is 14.0. The lowest BCUT2D eigenvalue weighted by Crippen LogP contribution is -2.33. The predicted octanol–water partition coefficient (Wildman–Crippen LogP) is 2.22. The van der Waals surface area contributed by atoms with Gasteiger partial charge >= 0.3 is 0 Å². The van der Waals surface area contributed by atoms with Crippen LogP contribution in [0.3, 0.4) is 0 Å². The maximum absolute atomic E-state index is 14.0. The molecule has 1 heterocycles. The summed E-state index contributed by atoms with van der Waals surface area (Å²) in [6.45, 7) is 7.34. The van der Waals surface area contributed by atoms with E-state index in [1.807, 2.05) is 19.0 Å². The van der Waals surface area contributed by atoms with E-state index in [4.69, 9.17) is 0 Å². The number of hydrogen-bond acceptors (Lipinski definition) is 5. The molecule has 1 aromatic heterocycles. The summed E-state index contributed by atoms with van der Waals surface area (Å²) >= 11 is 0. The molecule has 0 aliphatic carbocycles. The van der Waals surface area contributed by atoms with Crippen LogP contribution in [-0.2, 0) is 0 Å². The molecule has 0 saturated carbocycles. The minimum Gasteiger partial charge on any atom is -0.354 e. The predicted molar refractivity (Wildman–Crippen MR) is 81.8 cm³/mol. The third kappa shape index (κ3) is 5.28.